The summed E-state index contributed by atoms with van der Waals surface area (Å²) in [7, 11) is 0. The molecule has 0 spiro atoms. The average molecular weight is 533 g/mol. The van der Waals surface area contributed by atoms with E-state index in [1.807, 2.05) is 42.5 Å². The molecular formula is C30H36N4O5. The van der Waals surface area contributed by atoms with Crippen LogP contribution in [-0.4, -0.2) is 61.0 Å². The lowest BCUT2D eigenvalue weighted by molar-refractivity contribution is -0.128. The number of hydrogen-bond donors (Lipinski definition) is 2. The fraction of sp³-hybridized carbons (Fsp3) is 0.467. The molecule has 3 aromatic rings. The first-order chi connectivity index (χ1) is 19.0. The summed E-state index contributed by atoms with van der Waals surface area (Å²) in [6.45, 7) is 3.51. The Morgan fingerprint density at radius 2 is 1.67 bits per heavy atom. The van der Waals surface area contributed by atoms with Gasteiger partial charge in [0.15, 0.2) is 5.58 Å². The predicted octanol–water partition coefficient (Wildman–Crippen LogP) is 4.27. The van der Waals surface area contributed by atoms with Crippen LogP contribution in [0.3, 0.4) is 0 Å². The van der Waals surface area contributed by atoms with Gasteiger partial charge in [-0.1, -0.05) is 31.4 Å². The molecule has 0 radical (unpaired) electrons. The van der Waals surface area contributed by atoms with E-state index < -0.39 is 5.54 Å². The Labute approximate surface area is 228 Å². The number of rotatable bonds is 10. The van der Waals surface area contributed by atoms with Gasteiger partial charge in [0.05, 0.1) is 13.2 Å². The van der Waals surface area contributed by atoms with Gasteiger partial charge in [-0.15, -0.1) is 0 Å². The lowest BCUT2D eigenvalue weighted by Crippen LogP contribution is -2.59. The van der Waals surface area contributed by atoms with Gasteiger partial charge in [-0.2, -0.15) is 0 Å². The molecule has 2 aliphatic rings. The number of Topliss-reactive ketones (excluding diaryl/α,β-unsaturated/α-hetero) is 1. The summed E-state index contributed by atoms with van der Waals surface area (Å²) in [6.07, 6.45) is 5.62. The van der Waals surface area contributed by atoms with E-state index >= 15 is 0 Å². The number of aromatic nitrogens is 1. The second-order valence-electron chi connectivity index (χ2n) is 10.4. The van der Waals surface area contributed by atoms with Crippen LogP contribution in [-0.2, 0) is 9.53 Å². The number of oxazole rings is 1. The first kappa shape index (κ1) is 26.9. The first-order valence-corrected chi connectivity index (χ1v) is 14.0. The molecule has 2 N–H and O–H groups in total. The number of carbonyl (C=O) groups is 3. The molecule has 2 heterocycles. The molecule has 0 bridgehead atoms. The van der Waals surface area contributed by atoms with E-state index in [9.17, 15) is 14.4 Å². The van der Waals surface area contributed by atoms with Crippen molar-refractivity contribution >= 4 is 34.4 Å². The monoisotopic (exact) mass is 532 g/mol. The predicted molar refractivity (Wildman–Crippen MR) is 148 cm³/mol. The third-order valence-corrected chi connectivity index (χ3v) is 7.65. The molecule has 2 aromatic carbocycles. The van der Waals surface area contributed by atoms with Crippen molar-refractivity contribution < 1.29 is 23.5 Å². The van der Waals surface area contributed by atoms with Gasteiger partial charge < -0.3 is 24.7 Å². The largest absolute Gasteiger partial charge is 0.434 e. The summed E-state index contributed by atoms with van der Waals surface area (Å²) in [4.78, 5) is 45.5. The second-order valence-corrected chi connectivity index (χ2v) is 10.4. The molecule has 1 saturated carbocycles. The highest BCUT2D eigenvalue weighted by Crippen LogP contribution is 2.29. The summed E-state index contributed by atoms with van der Waals surface area (Å²) >= 11 is 0. The zero-order chi connectivity index (χ0) is 27.1. The summed E-state index contributed by atoms with van der Waals surface area (Å²) in [5, 5.41) is 6.10. The fourth-order valence-electron chi connectivity index (χ4n) is 5.38. The van der Waals surface area contributed by atoms with Crippen molar-refractivity contribution in [1.29, 1.82) is 0 Å². The molecule has 206 valence electrons. The Morgan fingerprint density at radius 3 is 2.41 bits per heavy atom. The van der Waals surface area contributed by atoms with Crippen LogP contribution in [0.5, 0.6) is 0 Å². The molecule has 1 aromatic heterocycles. The molecule has 1 aliphatic carbocycles. The minimum atomic E-state index is -0.910. The van der Waals surface area contributed by atoms with E-state index in [4.69, 9.17) is 9.15 Å². The molecular weight excluding hydrogens is 496 g/mol. The Bertz CT molecular complexity index is 1260. The maximum atomic E-state index is 13.3. The van der Waals surface area contributed by atoms with Gasteiger partial charge in [0.2, 0.25) is 11.7 Å². The van der Waals surface area contributed by atoms with Gasteiger partial charge in [0.1, 0.15) is 11.1 Å². The fourth-order valence-corrected chi connectivity index (χ4v) is 5.38. The van der Waals surface area contributed by atoms with Crippen LogP contribution in [0.1, 0.15) is 72.4 Å². The highest BCUT2D eigenvalue weighted by molar-refractivity contribution is 5.99. The van der Waals surface area contributed by atoms with E-state index in [1.54, 1.807) is 6.07 Å². The van der Waals surface area contributed by atoms with Crippen LogP contribution in [0, 0.1) is 0 Å². The number of fused-ring (bicyclic) bond motifs is 1. The number of hydrogen-bond acceptors (Lipinski definition) is 7. The van der Waals surface area contributed by atoms with Crippen molar-refractivity contribution in [3.05, 3.63) is 60.0 Å². The number of carbonyl (C=O) groups excluding carboxylic acids is 3. The van der Waals surface area contributed by atoms with Crippen molar-refractivity contribution in [2.45, 2.75) is 56.9 Å². The number of nitrogens with zero attached hydrogens (tertiary/aromatic N) is 2. The molecule has 2 fully saturated rings. The van der Waals surface area contributed by atoms with Gasteiger partial charge in [0, 0.05) is 37.3 Å². The highest BCUT2D eigenvalue weighted by atomic mass is 16.5. The lowest BCUT2D eigenvalue weighted by atomic mass is 9.80. The number of anilines is 1. The minimum absolute atomic E-state index is 0.127. The summed E-state index contributed by atoms with van der Waals surface area (Å²) < 4.78 is 11.0. The van der Waals surface area contributed by atoms with E-state index in [0.29, 0.717) is 68.5 Å². The highest BCUT2D eigenvalue weighted by Gasteiger charge is 2.40. The zero-order valence-corrected chi connectivity index (χ0v) is 22.2. The molecule has 1 saturated heterocycles. The molecule has 9 heteroatoms. The van der Waals surface area contributed by atoms with Crippen LogP contribution in [0.2, 0.25) is 0 Å². The molecule has 5 rings (SSSR count). The molecule has 9 nitrogen and oxygen atoms in total. The van der Waals surface area contributed by atoms with Crippen molar-refractivity contribution in [3.63, 3.8) is 0 Å². The number of amides is 2. The van der Waals surface area contributed by atoms with Gasteiger partial charge in [-0.25, -0.2) is 4.98 Å². The van der Waals surface area contributed by atoms with E-state index in [-0.39, 0.29) is 23.5 Å². The number of unbranched alkanes of at least 4 members (excludes halogenated alkanes) is 1. The minimum Gasteiger partial charge on any atom is -0.434 e. The Hall–Kier alpha value is -3.72. The first-order valence-electron chi connectivity index (χ1n) is 14.0. The smallest absolute Gasteiger partial charge is 0.264 e. The summed E-state index contributed by atoms with van der Waals surface area (Å²) in [5.41, 5.74) is 1.96. The van der Waals surface area contributed by atoms with Gasteiger partial charge in [0.25, 0.3) is 11.8 Å². The maximum Gasteiger partial charge on any atom is 0.264 e. The number of ketones is 1. The van der Waals surface area contributed by atoms with Gasteiger partial charge in [-0.3, -0.25) is 14.4 Å². The number of para-hydroxylation sites is 2. The molecule has 0 unspecified atom stereocenters. The molecule has 2 amide bonds. The SMILES string of the molecule is O=C(NC1(C(=O)NCCCCC(=O)c2nc3ccccc3o2)CCCCC1)c1ccc(N2CCOCC2)cc1. The van der Waals surface area contributed by atoms with E-state index in [0.717, 1.165) is 38.0 Å². The Kier molecular flexibility index (Phi) is 8.56. The van der Waals surface area contributed by atoms with E-state index in [2.05, 4.69) is 20.5 Å². The van der Waals surface area contributed by atoms with Crippen LogP contribution in [0.25, 0.3) is 11.1 Å². The second kappa shape index (κ2) is 12.4. The standard InChI is InChI=1S/C30H36N4O5/c35-25(28-32-24-8-2-3-10-26(24)39-28)9-4-7-17-31-29(37)30(15-5-1-6-16-30)33-27(36)22-11-13-23(14-12-22)34-18-20-38-21-19-34/h2-3,8,10-14H,1,4-7,9,15-21H2,(H,31,37)(H,33,36). The number of benzene rings is 2. The maximum absolute atomic E-state index is 13.3. The number of morpholine rings is 1. The molecule has 39 heavy (non-hydrogen) atoms. The van der Waals surface area contributed by atoms with Gasteiger partial charge >= 0.3 is 0 Å². The average Bonchev–Trinajstić information content (AvgIpc) is 3.42. The van der Waals surface area contributed by atoms with Crippen molar-refractivity contribution in [1.82, 2.24) is 15.6 Å². The topological polar surface area (TPSA) is 114 Å². The number of ether oxygens (including phenoxy) is 1. The van der Waals surface area contributed by atoms with E-state index in [1.165, 1.54) is 0 Å². The van der Waals surface area contributed by atoms with Crippen molar-refractivity contribution in [2.75, 3.05) is 37.7 Å². The Balaban J connectivity index is 1.12. The molecule has 1 aliphatic heterocycles. The number of nitrogens with one attached hydrogen (secondary N) is 2. The summed E-state index contributed by atoms with van der Waals surface area (Å²) in [6, 6.07) is 14.8. The Morgan fingerprint density at radius 1 is 0.923 bits per heavy atom. The quantitative estimate of drug-likeness (QED) is 0.296. The van der Waals surface area contributed by atoms with Gasteiger partial charge in [-0.05, 0) is 62.1 Å². The van der Waals surface area contributed by atoms with Crippen LogP contribution in [0.15, 0.2) is 52.9 Å². The van der Waals surface area contributed by atoms with Crippen molar-refractivity contribution in [3.8, 4) is 0 Å². The van der Waals surface area contributed by atoms with Crippen LogP contribution < -0.4 is 15.5 Å². The zero-order valence-electron chi connectivity index (χ0n) is 22.2. The third kappa shape index (κ3) is 6.47. The normalized spacial score (nSPS) is 17.1. The van der Waals surface area contributed by atoms with Crippen molar-refractivity contribution in [2.24, 2.45) is 0 Å². The van der Waals surface area contributed by atoms with Crippen LogP contribution in [0.4, 0.5) is 5.69 Å². The summed E-state index contributed by atoms with van der Waals surface area (Å²) in [5.74, 6) is -0.398. The lowest BCUT2D eigenvalue weighted by Gasteiger charge is -2.36. The van der Waals surface area contributed by atoms with Crippen LogP contribution >= 0.6 is 0 Å². The third-order valence-electron chi connectivity index (χ3n) is 7.65. The molecule has 0 atom stereocenters.